The highest BCUT2D eigenvalue weighted by molar-refractivity contribution is 7.99. The van der Waals surface area contributed by atoms with Crippen molar-refractivity contribution >= 4 is 17.6 Å². The molecule has 5 heteroatoms. The summed E-state index contributed by atoms with van der Waals surface area (Å²) in [6.45, 7) is 0.860. The summed E-state index contributed by atoms with van der Waals surface area (Å²) in [7, 11) is 0. The Kier molecular flexibility index (Phi) is 3.20. The standard InChI is InChI=1S/C12H17N3OS/c1-5-16-12(2-6-17-9-12)7-10(1)15-11-8-13-3-4-14-11/h3-4,8,10H,1-2,5-7,9H2,(H,14,15)/t10-,12-/m1/s1. The molecule has 0 aromatic carbocycles. The third kappa shape index (κ3) is 2.55. The fraction of sp³-hybridized carbons (Fsp3) is 0.667. The van der Waals surface area contributed by atoms with Gasteiger partial charge in [0.25, 0.3) is 0 Å². The van der Waals surface area contributed by atoms with Crippen molar-refractivity contribution in [2.45, 2.75) is 30.9 Å². The molecule has 0 unspecified atom stereocenters. The lowest BCUT2D eigenvalue weighted by Gasteiger charge is -2.38. The zero-order valence-electron chi connectivity index (χ0n) is 9.76. The molecule has 0 bridgehead atoms. The van der Waals surface area contributed by atoms with E-state index in [9.17, 15) is 0 Å². The Morgan fingerprint density at radius 2 is 2.47 bits per heavy atom. The van der Waals surface area contributed by atoms with Gasteiger partial charge in [-0.05, 0) is 25.0 Å². The molecule has 1 spiro atoms. The second kappa shape index (κ2) is 4.82. The van der Waals surface area contributed by atoms with Crippen molar-refractivity contribution in [1.82, 2.24) is 9.97 Å². The quantitative estimate of drug-likeness (QED) is 0.870. The van der Waals surface area contributed by atoms with Crippen LogP contribution >= 0.6 is 11.8 Å². The lowest BCUT2D eigenvalue weighted by molar-refractivity contribution is -0.0628. The Labute approximate surface area is 106 Å². The maximum absolute atomic E-state index is 6.00. The van der Waals surface area contributed by atoms with Crippen molar-refractivity contribution in [1.29, 1.82) is 0 Å². The van der Waals surface area contributed by atoms with Gasteiger partial charge in [-0.1, -0.05) is 0 Å². The Morgan fingerprint density at radius 3 is 3.24 bits per heavy atom. The summed E-state index contributed by atoms with van der Waals surface area (Å²) < 4.78 is 6.00. The molecular weight excluding hydrogens is 234 g/mol. The summed E-state index contributed by atoms with van der Waals surface area (Å²) in [5, 5.41) is 3.47. The third-order valence-corrected chi connectivity index (χ3v) is 4.70. The van der Waals surface area contributed by atoms with Crippen molar-refractivity contribution in [3.8, 4) is 0 Å². The van der Waals surface area contributed by atoms with Crippen molar-refractivity contribution in [3.63, 3.8) is 0 Å². The first-order chi connectivity index (χ1) is 8.36. The minimum Gasteiger partial charge on any atom is -0.374 e. The van der Waals surface area contributed by atoms with Crippen LogP contribution in [0.4, 0.5) is 5.82 Å². The molecule has 1 aromatic heterocycles. The third-order valence-electron chi connectivity index (χ3n) is 3.48. The molecule has 0 amide bonds. The highest BCUT2D eigenvalue weighted by atomic mass is 32.2. The number of nitrogens with zero attached hydrogens (tertiary/aromatic N) is 2. The predicted octanol–water partition coefficient (Wildman–Crippen LogP) is 1.94. The molecule has 2 saturated heterocycles. The lowest BCUT2D eigenvalue weighted by atomic mass is 9.90. The van der Waals surface area contributed by atoms with E-state index < -0.39 is 0 Å². The summed E-state index contributed by atoms with van der Waals surface area (Å²) in [5.41, 5.74) is 0.128. The molecule has 1 N–H and O–H groups in total. The van der Waals surface area contributed by atoms with Gasteiger partial charge in [-0.2, -0.15) is 11.8 Å². The maximum atomic E-state index is 6.00. The van der Waals surface area contributed by atoms with E-state index in [4.69, 9.17) is 4.74 Å². The number of thioether (sulfide) groups is 1. The van der Waals surface area contributed by atoms with E-state index >= 15 is 0 Å². The Morgan fingerprint density at radius 1 is 1.47 bits per heavy atom. The zero-order valence-corrected chi connectivity index (χ0v) is 10.6. The highest BCUT2D eigenvalue weighted by Crippen LogP contribution is 2.38. The van der Waals surface area contributed by atoms with Crippen LogP contribution in [-0.4, -0.2) is 39.7 Å². The molecular formula is C12H17N3OS. The Bertz CT molecular complexity index is 367. The number of nitrogens with one attached hydrogen (secondary N) is 1. The van der Waals surface area contributed by atoms with E-state index in [0.717, 1.165) is 31.0 Å². The van der Waals surface area contributed by atoms with Gasteiger partial charge in [0.2, 0.25) is 0 Å². The van der Waals surface area contributed by atoms with Crippen molar-refractivity contribution in [3.05, 3.63) is 18.6 Å². The number of hydrogen-bond donors (Lipinski definition) is 1. The van der Waals surface area contributed by atoms with Crippen LogP contribution in [-0.2, 0) is 4.74 Å². The average molecular weight is 251 g/mol. The molecule has 2 atom stereocenters. The summed E-state index contributed by atoms with van der Waals surface area (Å²) in [6, 6.07) is 0.471. The number of ether oxygens (including phenoxy) is 1. The van der Waals surface area contributed by atoms with Crippen LogP contribution in [0.2, 0.25) is 0 Å². The van der Waals surface area contributed by atoms with Crippen LogP contribution in [0, 0.1) is 0 Å². The maximum Gasteiger partial charge on any atom is 0.144 e. The Hall–Kier alpha value is -0.810. The van der Waals surface area contributed by atoms with Gasteiger partial charge in [0.1, 0.15) is 5.82 Å². The number of aromatic nitrogens is 2. The van der Waals surface area contributed by atoms with Crippen molar-refractivity contribution in [2.75, 3.05) is 23.4 Å². The Balaban J connectivity index is 1.64. The van der Waals surface area contributed by atoms with Crippen LogP contribution in [0.15, 0.2) is 18.6 Å². The van der Waals surface area contributed by atoms with E-state index in [0.29, 0.717) is 6.04 Å². The second-order valence-corrected chi connectivity index (χ2v) is 5.86. The molecule has 4 nitrogen and oxygen atoms in total. The van der Waals surface area contributed by atoms with Crippen molar-refractivity contribution in [2.24, 2.45) is 0 Å². The monoisotopic (exact) mass is 251 g/mol. The number of hydrogen-bond acceptors (Lipinski definition) is 5. The summed E-state index contributed by atoms with van der Waals surface area (Å²) in [4.78, 5) is 8.35. The van der Waals surface area contributed by atoms with Gasteiger partial charge in [0, 0.05) is 30.8 Å². The number of rotatable bonds is 2. The van der Waals surface area contributed by atoms with Gasteiger partial charge in [0.15, 0.2) is 0 Å². The summed E-state index contributed by atoms with van der Waals surface area (Å²) in [6.07, 6.45) is 8.55. The first kappa shape index (κ1) is 11.3. The SMILES string of the molecule is c1cnc(N[C@@H]2CCO[C@]3(CCSC3)C2)cn1. The van der Waals surface area contributed by atoms with Gasteiger partial charge in [0.05, 0.1) is 11.8 Å². The fourth-order valence-corrected chi connectivity index (χ4v) is 3.98. The summed E-state index contributed by atoms with van der Waals surface area (Å²) >= 11 is 2.01. The van der Waals surface area contributed by atoms with E-state index in [2.05, 4.69) is 15.3 Å². The van der Waals surface area contributed by atoms with Gasteiger partial charge in [-0.15, -0.1) is 0 Å². The fourth-order valence-electron chi connectivity index (χ4n) is 2.60. The molecule has 17 heavy (non-hydrogen) atoms. The highest BCUT2D eigenvalue weighted by Gasteiger charge is 2.40. The molecule has 2 fully saturated rings. The molecule has 2 aliphatic heterocycles. The molecule has 0 radical (unpaired) electrons. The zero-order chi connectivity index (χ0) is 11.6. The first-order valence-corrected chi connectivity index (χ1v) is 7.26. The molecule has 3 heterocycles. The van der Waals surface area contributed by atoms with Crippen LogP contribution in [0.3, 0.4) is 0 Å². The van der Waals surface area contributed by atoms with Gasteiger partial charge >= 0.3 is 0 Å². The van der Waals surface area contributed by atoms with Gasteiger partial charge < -0.3 is 10.1 Å². The normalized spacial score (nSPS) is 32.8. The van der Waals surface area contributed by atoms with Gasteiger partial charge in [-0.25, -0.2) is 4.98 Å². The van der Waals surface area contributed by atoms with E-state index in [1.807, 2.05) is 11.8 Å². The van der Waals surface area contributed by atoms with Gasteiger partial charge in [-0.3, -0.25) is 4.98 Å². The van der Waals surface area contributed by atoms with E-state index in [-0.39, 0.29) is 5.60 Å². The molecule has 0 aliphatic carbocycles. The predicted molar refractivity (Wildman–Crippen MR) is 69.3 cm³/mol. The molecule has 3 rings (SSSR count). The van der Waals surface area contributed by atoms with Crippen LogP contribution in [0.1, 0.15) is 19.3 Å². The van der Waals surface area contributed by atoms with Crippen molar-refractivity contribution < 1.29 is 4.74 Å². The lowest BCUT2D eigenvalue weighted by Crippen LogP contribution is -2.44. The molecule has 1 aromatic rings. The topological polar surface area (TPSA) is 47.0 Å². The average Bonchev–Trinajstić information content (AvgIpc) is 2.79. The van der Waals surface area contributed by atoms with Crippen LogP contribution in [0.25, 0.3) is 0 Å². The number of anilines is 1. The minimum atomic E-state index is 0.128. The second-order valence-electron chi connectivity index (χ2n) is 4.76. The smallest absolute Gasteiger partial charge is 0.144 e. The summed E-state index contributed by atoms with van der Waals surface area (Å²) in [5.74, 6) is 3.25. The molecule has 2 aliphatic rings. The van der Waals surface area contributed by atoms with Crippen LogP contribution in [0.5, 0.6) is 0 Å². The van der Waals surface area contributed by atoms with Crippen LogP contribution < -0.4 is 5.32 Å². The molecule has 92 valence electrons. The largest absolute Gasteiger partial charge is 0.374 e. The van der Waals surface area contributed by atoms with E-state index in [1.54, 1.807) is 18.6 Å². The minimum absolute atomic E-state index is 0.128. The van der Waals surface area contributed by atoms with E-state index in [1.165, 1.54) is 12.2 Å². The first-order valence-electron chi connectivity index (χ1n) is 6.11. The molecule has 0 saturated carbocycles.